The summed E-state index contributed by atoms with van der Waals surface area (Å²) in [6, 6.07) is 12.4. The highest BCUT2D eigenvalue weighted by atomic mass is 79.9. The Kier molecular flexibility index (Phi) is 2.50. The van der Waals surface area contributed by atoms with Gasteiger partial charge in [0.15, 0.2) is 10.4 Å². The molecule has 3 heteroatoms. The summed E-state index contributed by atoms with van der Waals surface area (Å²) in [5.74, 6) is 0.249. The smallest absolute Gasteiger partial charge is 0.228 e. The van der Waals surface area contributed by atoms with Crippen LogP contribution in [0.4, 0.5) is 0 Å². The van der Waals surface area contributed by atoms with Crippen LogP contribution in [0.25, 0.3) is 0 Å². The van der Waals surface area contributed by atoms with E-state index in [1.807, 2.05) is 18.2 Å². The molecule has 0 amide bonds. The second-order valence-corrected chi connectivity index (χ2v) is 3.58. The molecular formula is C11H7BrO2. The van der Waals surface area contributed by atoms with Crippen molar-refractivity contribution in [3.05, 3.63) is 58.5 Å². The van der Waals surface area contributed by atoms with Crippen LogP contribution in [0.15, 0.2) is 51.6 Å². The summed E-state index contributed by atoms with van der Waals surface area (Å²) in [7, 11) is 0. The molecule has 0 N–H and O–H groups in total. The van der Waals surface area contributed by atoms with Crippen LogP contribution in [0.5, 0.6) is 0 Å². The number of halogens is 1. The second kappa shape index (κ2) is 3.80. The van der Waals surface area contributed by atoms with Gasteiger partial charge in [0, 0.05) is 5.56 Å². The first-order chi connectivity index (χ1) is 6.77. The number of carbonyl (C=O) groups excluding carboxylic acids is 1. The molecule has 2 aromatic rings. The summed E-state index contributed by atoms with van der Waals surface area (Å²) in [5.41, 5.74) is 0.634. The average molecular weight is 251 g/mol. The van der Waals surface area contributed by atoms with Gasteiger partial charge in [0.2, 0.25) is 5.78 Å². The topological polar surface area (TPSA) is 30.2 Å². The Balaban J connectivity index is 2.34. The molecule has 0 fully saturated rings. The van der Waals surface area contributed by atoms with E-state index in [-0.39, 0.29) is 5.78 Å². The van der Waals surface area contributed by atoms with Crippen molar-refractivity contribution in [1.29, 1.82) is 0 Å². The molecule has 2 nitrogen and oxygen atoms in total. The predicted molar refractivity (Wildman–Crippen MR) is 56.3 cm³/mol. The molecule has 0 radical (unpaired) electrons. The molecular weight excluding hydrogens is 244 g/mol. The van der Waals surface area contributed by atoms with Crippen molar-refractivity contribution in [2.45, 2.75) is 0 Å². The van der Waals surface area contributed by atoms with Gasteiger partial charge < -0.3 is 4.42 Å². The maximum absolute atomic E-state index is 11.7. The van der Waals surface area contributed by atoms with Crippen molar-refractivity contribution in [3.8, 4) is 0 Å². The first-order valence-corrected chi connectivity index (χ1v) is 4.92. The summed E-state index contributed by atoms with van der Waals surface area (Å²) in [6.45, 7) is 0. The van der Waals surface area contributed by atoms with Gasteiger partial charge in [-0.15, -0.1) is 0 Å². The van der Waals surface area contributed by atoms with Gasteiger partial charge in [-0.3, -0.25) is 4.79 Å². The van der Waals surface area contributed by atoms with Crippen molar-refractivity contribution in [1.82, 2.24) is 0 Å². The van der Waals surface area contributed by atoms with Crippen molar-refractivity contribution in [2.24, 2.45) is 0 Å². The van der Waals surface area contributed by atoms with Crippen molar-refractivity contribution < 1.29 is 9.21 Å². The monoisotopic (exact) mass is 250 g/mol. The van der Waals surface area contributed by atoms with Gasteiger partial charge in [-0.25, -0.2) is 0 Å². The molecule has 0 bridgehead atoms. The number of ketones is 1. The van der Waals surface area contributed by atoms with E-state index in [2.05, 4.69) is 15.9 Å². The van der Waals surface area contributed by atoms with Gasteiger partial charge in [0.1, 0.15) is 0 Å². The molecule has 0 saturated carbocycles. The number of benzene rings is 1. The third-order valence-corrected chi connectivity index (χ3v) is 2.26. The molecule has 0 spiro atoms. The van der Waals surface area contributed by atoms with Crippen molar-refractivity contribution in [3.63, 3.8) is 0 Å². The van der Waals surface area contributed by atoms with Crippen LogP contribution in [-0.4, -0.2) is 5.78 Å². The largest absolute Gasteiger partial charge is 0.446 e. The third kappa shape index (κ3) is 1.77. The number of furan rings is 1. The van der Waals surface area contributed by atoms with Crippen LogP contribution in [0.1, 0.15) is 16.1 Å². The molecule has 1 aromatic carbocycles. The van der Waals surface area contributed by atoms with E-state index in [1.165, 1.54) is 0 Å². The lowest BCUT2D eigenvalue weighted by Gasteiger charge is -1.95. The van der Waals surface area contributed by atoms with E-state index >= 15 is 0 Å². The summed E-state index contributed by atoms with van der Waals surface area (Å²) >= 11 is 3.15. The molecule has 14 heavy (non-hydrogen) atoms. The summed E-state index contributed by atoms with van der Waals surface area (Å²) < 4.78 is 5.73. The average Bonchev–Trinajstić information content (AvgIpc) is 2.65. The Morgan fingerprint density at radius 2 is 1.79 bits per heavy atom. The summed E-state index contributed by atoms with van der Waals surface area (Å²) in [4.78, 5) is 11.7. The second-order valence-electron chi connectivity index (χ2n) is 2.80. The van der Waals surface area contributed by atoms with E-state index in [9.17, 15) is 4.79 Å². The highest BCUT2D eigenvalue weighted by Gasteiger charge is 2.11. The lowest BCUT2D eigenvalue weighted by Crippen LogP contribution is -1.98. The van der Waals surface area contributed by atoms with Gasteiger partial charge in [-0.05, 0) is 28.1 Å². The Morgan fingerprint density at radius 1 is 1.07 bits per heavy atom. The molecule has 0 unspecified atom stereocenters. The minimum Gasteiger partial charge on any atom is -0.446 e. The SMILES string of the molecule is O=C(c1ccccc1)c1ccc(Br)o1. The summed E-state index contributed by atoms with van der Waals surface area (Å²) in [6.07, 6.45) is 0. The summed E-state index contributed by atoms with van der Waals surface area (Å²) in [5, 5.41) is 0. The molecule has 70 valence electrons. The van der Waals surface area contributed by atoms with Crippen molar-refractivity contribution in [2.75, 3.05) is 0 Å². The van der Waals surface area contributed by atoms with Crippen LogP contribution < -0.4 is 0 Å². The van der Waals surface area contributed by atoms with E-state index in [4.69, 9.17) is 4.42 Å². The fourth-order valence-corrected chi connectivity index (χ4v) is 1.47. The molecule has 0 saturated heterocycles. The fourth-order valence-electron chi connectivity index (χ4n) is 1.17. The zero-order valence-electron chi connectivity index (χ0n) is 7.24. The minimum absolute atomic E-state index is 0.101. The van der Waals surface area contributed by atoms with Gasteiger partial charge in [0.05, 0.1) is 0 Å². The van der Waals surface area contributed by atoms with Gasteiger partial charge in [0.25, 0.3) is 0 Å². The van der Waals surface area contributed by atoms with Crippen LogP contribution in [0.2, 0.25) is 0 Å². The quantitative estimate of drug-likeness (QED) is 0.766. The highest BCUT2D eigenvalue weighted by molar-refractivity contribution is 9.10. The van der Waals surface area contributed by atoms with Crippen LogP contribution in [0.3, 0.4) is 0 Å². The van der Waals surface area contributed by atoms with Crippen molar-refractivity contribution >= 4 is 21.7 Å². The minimum atomic E-state index is -0.101. The van der Waals surface area contributed by atoms with Gasteiger partial charge in [-0.1, -0.05) is 30.3 Å². The Morgan fingerprint density at radius 3 is 2.36 bits per heavy atom. The lowest BCUT2D eigenvalue weighted by molar-refractivity contribution is 0.101. The maximum atomic E-state index is 11.7. The highest BCUT2D eigenvalue weighted by Crippen LogP contribution is 2.17. The first kappa shape index (κ1) is 9.21. The fraction of sp³-hybridized carbons (Fsp3) is 0. The number of hydrogen-bond donors (Lipinski definition) is 0. The first-order valence-electron chi connectivity index (χ1n) is 4.12. The number of hydrogen-bond acceptors (Lipinski definition) is 2. The molecule has 2 rings (SSSR count). The van der Waals surface area contributed by atoms with Crippen LogP contribution in [0, 0.1) is 0 Å². The molecule has 0 aliphatic heterocycles. The predicted octanol–water partition coefficient (Wildman–Crippen LogP) is 3.27. The van der Waals surface area contributed by atoms with Gasteiger partial charge in [-0.2, -0.15) is 0 Å². The molecule has 0 aliphatic rings. The number of rotatable bonds is 2. The maximum Gasteiger partial charge on any atom is 0.228 e. The third-order valence-electron chi connectivity index (χ3n) is 1.83. The molecule has 1 aromatic heterocycles. The van der Waals surface area contributed by atoms with Gasteiger partial charge >= 0.3 is 0 Å². The molecule has 0 atom stereocenters. The van der Waals surface area contributed by atoms with Crippen LogP contribution in [-0.2, 0) is 0 Å². The normalized spacial score (nSPS) is 10.1. The Bertz CT molecular complexity index is 445. The Hall–Kier alpha value is -1.35. The van der Waals surface area contributed by atoms with E-state index < -0.39 is 0 Å². The molecule has 0 aliphatic carbocycles. The zero-order valence-corrected chi connectivity index (χ0v) is 8.82. The lowest BCUT2D eigenvalue weighted by atomic mass is 10.1. The number of carbonyl (C=O) groups is 1. The zero-order chi connectivity index (χ0) is 9.97. The van der Waals surface area contributed by atoms with Crippen LogP contribution >= 0.6 is 15.9 Å². The Labute approximate surface area is 89.7 Å². The van der Waals surface area contributed by atoms with E-state index in [0.29, 0.717) is 16.0 Å². The standard InChI is InChI=1S/C11H7BrO2/c12-10-7-6-9(14-10)11(13)8-4-2-1-3-5-8/h1-7H. The van der Waals surface area contributed by atoms with E-state index in [1.54, 1.807) is 24.3 Å². The molecule has 1 heterocycles. The van der Waals surface area contributed by atoms with E-state index in [0.717, 1.165) is 0 Å².